The molecule has 1 fully saturated rings. The molecule has 2 heterocycles. The fraction of sp³-hybridized carbons (Fsp3) is 0.462. The summed E-state index contributed by atoms with van der Waals surface area (Å²) in [5.41, 5.74) is 4.66. The van der Waals surface area contributed by atoms with E-state index in [0.717, 1.165) is 56.2 Å². The van der Waals surface area contributed by atoms with Crippen molar-refractivity contribution in [3.05, 3.63) is 66.0 Å². The second-order valence-corrected chi connectivity index (χ2v) is 8.52. The van der Waals surface area contributed by atoms with E-state index in [1.54, 1.807) is 7.11 Å². The average Bonchev–Trinajstić information content (AvgIpc) is 3.48. The lowest BCUT2D eigenvalue weighted by Gasteiger charge is -2.21. The molecule has 1 saturated heterocycles. The fourth-order valence-electron chi connectivity index (χ4n) is 4.23. The van der Waals surface area contributed by atoms with Crippen molar-refractivity contribution in [2.75, 3.05) is 46.6 Å². The monoisotopic (exact) mass is 577 g/mol. The zero-order chi connectivity index (χ0) is 22.9. The Hall–Kier alpha value is -2.17. The van der Waals surface area contributed by atoms with Crippen LogP contribution in [0.4, 0.5) is 0 Å². The van der Waals surface area contributed by atoms with E-state index in [4.69, 9.17) is 14.5 Å². The van der Waals surface area contributed by atoms with E-state index in [-0.39, 0.29) is 24.0 Å². The van der Waals surface area contributed by atoms with Gasteiger partial charge in [0.2, 0.25) is 0 Å². The van der Waals surface area contributed by atoms with Gasteiger partial charge in [-0.25, -0.2) is 9.98 Å². The van der Waals surface area contributed by atoms with Crippen LogP contribution in [0.3, 0.4) is 0 Å². The molecule has 8 heteroatoms. The molecule has 1 aliphatic rings. The Morgan fingerprint density at radius 3 is 2.71 bits per heavy atom. The number of imidazole rings is 1. The number of aliphatic imine (C=N–C) groups is 1. The molecule has 0 saturated carbocycles. The van der Waals surface area contributed by atoms with E-state index in [2.05, 4.69) is 63.1 Å². The van der Waals surface area contributed by atoms with Crippen LogP contribution in [-0.2, 0) is 22.6 Å². The molecule has 4 rings (SSSR count). The number of aromatic nitrogens is 2. The number of rotatable bonds is 10. The van der Waals surface area contributed by atoms with Gasteiger partial charge in [-0.05, 0) is 36.6 Å². The number of hydrogen-bond donors (Lipinski definition) is 1. The van der Waals surface area contributed by atoms with E-state index >= 15 is 0 Å². The Morgan fingerprint density at radius 2 is 1.91 bits per heavy atom. The molecule has 0 spiro atoms. The van der Waals surface area contributed by atoms with Gasteiger partial charge in [-0.15, -0.1) is 24.0 Å². The first kappa shape index (κ1) is 26.4. The summed E-state index contributed by atoms with van der Waals surface area (Å²) in [5, 5.41) is 3.45. The summed E-state index contributed by atoms with van der Waals surface area (Å²) in [6, 6.07) is 17.0. The third-order valence-corrected chi connectivity index (χ3v) is 6.02. The molecule has 1 unspecified atom stereocenters. The molecule has 3 aromatic rings. The van der Waals surface area contributed by atoms with Crippen LogP contribution in [0.2, 0.25) is 0 Å². The van der Waals surface area contributed by atoms with Crippen molar-refractivity contribution >= 4 is 41.0 Å². The normalized spacial score (nSPS) is 16.1. The molecule has 184 valence electrons. The van der Waals surface area contributed by atoms with Gasteiger partial charge in [0.25, 0.3) is 0 Å². The number of methoxy groups -OCH3 is 1. The summed E-state index contributed by atoms with van der Waals surface area (Å²) in [5.74, 6) is 1.54. The summed E-state index contributed by atoms with van der Waals surface area (Å²) in [6.45, 7) is 8.56. The van der Waals surface area contributed by atoms with Gasteiger partial charge in [-0.2, -0.15) is 0 Å². The molecule has 0 aliphatic carbocycles. The maximum absolute atomic E-state index is 5.73. The molecule has 1 aromatic heterocycles. The number of nitrogens with zero attached hydrogens (tertiary/aromatic N) is 4. The zero-order valence-electron chi connectivity index (χ0n) is 20.2. The van der Waals surface area contributed by atoms with Gasteiger partial charge in [-0.1, -0.05) is 36.4 Å². The summed E-state index contributed by atoms with van der Waals surface area (Å²) >= 11 is 0. The first-order valence-electron chi connectivity index (χ1n) is 11.8. The van der Waals surface area contributed by atoms with Crippen molar-refractivity contribution in [2.45, 2.75) is 26.4 Å². The molecule has 1 atom stereocenters. The standard InChI is InChI=1S/C26H35N5O2.HI/c1-3-27-26(30-13-12-23(18-30)19-33-15-14-32-2)28-16-21-8-10-22(11-9-21)17-31-20-29-24-6-4-5-7-25(24)31;/h4-11,20,23H,3,12-19H2,1-2H3,(H,27,28);1H. The number of benzene rings is 2. The van der Waals surface area contributed by atoms with Crippen LogP contribution in [0.1, 0.15) is 24.5 Å². The van der Waals surface area contributed by atoms with Crippen LogP contribution in [0, 0.1) is 5.92 Å². The van der Waals surface area contributed by atoms with Gasteiger partial charge in [0.1, 0.15) is 0 Å². The highest BCUT2D eigenvalue weighted by molar-refractivity contribution is 14.0. The van der Waals surface area contributed by atoms with Crippen molar-refractivity contribution in [2.24, 2.45) is 10.9 Å². The molecule has 7 nitrogen and oxygen atoms in total. The van der Waals surface area contributed by atoms with E-state index < -0.39 is 0 Å². The summed E-state index contributed by atoms with van der Waals surface area (Å²) in [6.07, 6.45) is 3.05. The molecular formula is C26H36IN5O2. The summed E-state index contributed by atoms with van der Waals surface area (Å²) < 4.78 is 13.0. The van der Waals surface area contributed by atoms with Crippen LogP contribution in [-0.4, -0.2) is 67.0 Å². The lowest BCUT2D eigenvalue weighted by atomic mass is 10.1. The number of halogens is 1. The lowest BCUT2D eigenvalue weighted by molar-refractivity contribution is 0.0536. The van der Waals surface area contributed by atoms with E-state index in [1.807, 2.05) is 18.5 Å². The first-order chi connectivity index (χ1) is 16.3. The summed E-state index contributed by atoms with van der Waals surface area (Å²) in [7, 11) is 1.70. The highest BCUT2D eigenvalue weighted by Gasteiger charge is 2.24. The van der Waals surface area contributed by atoms with Crippen molar-refractivity contribution in [3.8, 4) is 0 Å². The second-order valence-electron chi connectivity index (χ2n) is 8.52. The quantitative estimate of drug-likeness (QED) is 0.170. The maximum Gasteiger partial charge on any atom is 0.194 e. The smallest absolute Gasteiger partial charge is 0.194 e. The molecule has 0 bridgehead atoms. The number of guanidine groups is 1. The molecule has 0 amide bonds. The topological polar surface area (TPSA) is 63.9 Å². The number of nitrogens with one attached hydrogen (secondary N) is 1. The predicted octanol–water partition coefficient (Wildman–Crippen LogP) is 4.15. The van der Waals surface area contributed by atoms with Crippen LogP contribution < -0.4 is 5.32 Å². The maximum atomic E-state index is 5.73. The number of ether oxygens (including phenoxy) is 2. The minimum absolute atomic E-state index is 0. The van der Waals surface area contributed by atoms with Crippen molar-refractivity contribution in [3.63, 3.8) is 0 Å². The number of hydrogen-bond acceptors (Lipinski definition) is 4. The molecular weight excluding hydrogens is 541 g/mol. The Labute approximate surface area is 219 Å². The van der Waals surface area contributed by atoms with Crippen LogP contribution >= 0.6 is 24.0 Å². The number of likely N-dealkylation sites (tertiary alicyclic amines) is 1. The molecule has 1 N–H and O–H groups in total. The Bertz CT molecular complexity index is 1040. The third-order valence-electron chi connectivity index (χ3n) is 6.02. The Balaban J connectivity index is 0.00000324. The molecule has 34 heavy (non-hydrogen) atoms. The Kier molecular flexibility index (Phi) is 10.6. The van der Waals surface area contributed by atoms with Crippen LogP contribution in [0.15, 0.2) is 59.9 Å². The van der Waals surface area contributed by atoms with Gasteiger partial charge in [0.05, 0.1) is 43.7 Å². The van der Waals surface area contributed by atoms with Gasteiger partial charge >= 0.3 is 0 Å². The largest absolute Gasteiger partial charge is 0.382 e. The van der Waals surface area contributed by atoms with Gasteiger partial charge < -0.3 is 24.3 Å². The third kappa shape index (κ3) is 7.16. The van der Waals surface area contributed by atoms with E-state index in [1.165, 1.54) is 11.1 Å². The zero-order valence-corrected chi connectivity index (χ0v) is 22.5. The first-order valence-corrected chi connectivity index (χ1v) is 11.8. The number of para-hydroxylation sites is 2. The minimum Gasteiger partial charge on any atom is -0.382 e. The van der Waals surface area contributed by atoms with Crippen molar-refractivity contribution in [1.29, 1.82) is 0 Å². The van der Waals surface area contributed by atoms with Crippen molar-refractivity contribution < 1.29 is 9.47 Å². The SMILES string of the molecule is CCNC(=NCc1ccc(Cn2cnc3ccccc32)cc1)N1CCC(COCCOC)C1.I. The summed E-state index contributed by atoms with van der Waals surface area (Å²) in [4.78, 5) is 11.8. The van der Waals surface area contributed by atoms with Gasteiger partial charge in [0, 0.05) is 39.2 Å². The number of fused-ring (bicyclic) bond motifs is 1. The van der Waals surface area contributed by atoms with Gasteiger partial charge in [0.15, 0.2) is 5.96 Å². The fourth-order valence-corrected chi connectivity index (χ4v) is 4.23. The highest BCUT2D eigenvalue weighted by atomic mass is 127. The second kappa shape index (κ2) is 13.7. The van der Waals surface area contributed by atoms with E-state index in [9.17, 15) is 0 Å². The highest BCUT2D eigenvalue weighted by Crippen LogP contribution is 2.18. The van der Waals surface area contributed by atoms with Gasteiger partial charge in [-0.3, -0.25) is 0 Å². The predicted molar refractivity (Wildman–Crippen MR) is 148 cm³/mol. The van der Waals surface area contributed by atoms with Crippen molar-refractivity contribution in [1.82, 2.24) is 19.8 Å². The Morgan fingerprint density at radius 1 is 1.12 bits per heavy atom. The van der Waals surface area contributed by atoms with Crippen LogP contribution in [0.25, 0.3) is 11.0 Å². The average molecular weight is 578 g/mol. The minimum atomic E-state index is 0. The molecule has 2 aromatic carbocycles. The molecule has 0 radical (unpaired) electrons. The molecule has 1 aliphatic heterocycles. The van der Waals surface area contributed by atoms with E-state index in [0.29, 0.717) is 25.7 Å². The van der Waals surface area contributed by atoms with Crippen LogP contribution in [0.5, 0.6) is 0 Å². The lowest BCUT2D eigenvalue weighted by Crippen LogP contribution is -2.40.